The molecule has 2 heterocycles. The predicted octanol–water partition coefficient (Wildman–Crippen LogP) is 3.25. The van der Waals surface area contributed by atoms with Crippen molar-refractivity contribution in [3.63, 3.8) is 0 Å². The van der Waals surface area contributed by atoms with Crippen molar-refractivity contribution in [2.24, 2.45) is 0 Å². The summed E-state index contributed by atoms with van der Waals surface area (Å²) in [6, 6.07) is 4.36. The number of halogens is 1. The Morgan fingerprint density at radius 1 is 1.50 bits per heavy atom. The average Bonchev–Trinajstić information content (AvgIpc) is 3.01. The van der Waals surface area contributed by atoms with E-state index < -0.39 is 0 Å². The van der Waals surface area contributed by atoms with Gasteiger partial charge in [-0.25, -0.2) is 0 Å². The number of rotatable bonds is 7. The minimum absolute atomic E-state index is 0.0746. The van der Waals surface area contributed by atoms with Crippen molar-refractivity contribution in [3.8, 4) is 0 Å². The zero-order chi connectivity index (χ0) is 14.5. The fourth-order valence-corrected chi connectivity index (χ4v) is 3.37. The van der Waals surface area contributed by atoms with Gasteiger partial charge >= 0.3 is 0 Å². The highest BCUT2D eigenvalue weighted by atomic mass is 35.5. The van der Waals surface area contributed by atoms with Crippen LogP contribution < -0.4 is 5.32 Å². The molecule has 0 saturated carbocycles. The third-order valence-electron chi connectivity index (χ3n) is 3.07. The molecule has 0 aliphatic rings. The molecule has 0 bridgehead atoms. The van der Waals surface area contributed by atoms with Gasteiger partial charge in [0.25, 0.3) is 0 Å². The van der Waals surface area contributed by atoms with Crippen molar-refractivity contribution in [3.05, 3.63) is 38.8 Å². The van der Waals surface area contributed by atoms with Crippen molar-refractivity contribution < 1.29 is 4.74 Å². The maximum atomic E-state index is 6.35. The maximum absolute atomic E-state index is 6.35. The van der Waals surface area contributed by atoms with Crippen molar-refractivity contribution in [2.45, 2.75) is 26.4 Å². The summed E-state index contributed by atoms with van der Waals surface area (Å²) in [6.45, 7) is 6.39. The van der Waals surface area contributed by atoms with Crippen LogP contribution in [-0.4, -0.2) is 30.0 Å². The van der Waals surface area contributed by atoms with Gasteiger partial charge < -0.3 is 10.1 Å². The molecule has 2 rings (SSSR count). The summed E-state index contributed by atoms with van der Waals surface area (Å²) in [4.78, 5) is 2.55. The van der Waals surface area contributed by atoms with E-state index in [0.717, 1.165) is 12.2 Å². The molecule has 1 unspecified atom stereocenters. The second-order valence-corrected chi connectivity index (χ2v) is 6.26. The molecule has 0 fully saturated rings. The Morgan fingerprint density at radius 3 is 2.90 bits per heavy atom. The summed E-state index contributed by atoms with van der Waals surface area (Å²) in [5, 5.41) is 8.55. The lowest BCUT2D eigenvalue weighted by Crippen LogP contribution is -2.25. The molecule has 1 N–H and O–H groups in total. The lowest BCUT2D eigenvalue weighted by Gasteiger charge is -2.19. The Morgan fingerprint density at radius 2 is 2.30 bits per heavy atom. The molecule has 0 aromatic carbocycles. The van der Waals surface area contributed by atoms with Crippen LogP contribution in [0.5, 0.6) is 0 Å². The summed E-state index contributed by atoms with van der Waals surface area (Å²) in [5.41, 5.74) is 1.01. The molecule has 4 nitrogen and oxygen atoms in total. The lowest BCUT2D eigenvalue weighted by atomic mass is 10.1. The largest absolute Gasteiger partial charge is 0.383 e. The standard InChI is InChI=1S/C14H20ClN3OS/c1-4-16-13(12-6-5-10(2)20-12)14-11(15)9-17-18(14)7-8-19-3/h5-6,9,13,16H,4,7-8H2,1-3H3. The second kappa shape index (κ2) is 7.22. The van der Waals surface area contributed by atoms with Crippen LogP contribution in [0.2, 0.25) is 5.02 Å². The Balaban J connectivity index is 2.35. The minimum Gasteiger partial charge on any atom is -0.383 e. The van der Waals surface area contributed by atoms with Crippen LogP contribution in [0.25, 0.3) is 0 Å². The molecule has 0 aliphatic carbocycles. The van der Waals surface area contributed by atoms with E-state index in [2.05, 4.69) is 36.4 Å². The molecule has 2 aromatic rings. The van der Waals surface area contributed by atoms with E-state index in [-0.39, 0.29) is 6.04 Å². The van der Waals surface area contributed by atoms with Crippen LogP contribution in [0.1, 0.15) is 28.4 Å². The molecule has 2 aromatic heterocycles. The lowest BCUT2D eigenvalue weighted by molar-refractivity contribution is 0.182. The van der Waals surface area contributed by atoms with E-state index >= 15 is 0 Å². The number of methoxy groups -OCH3 is 1. The fraction of sp³-hybridized carbons (Fsp3) is 0.500. The van der Waals surface area contributed by atoms with Gasteiger partial charge in [0.1, 0.15) is 0 Å². The first-order valence-corrected chi connectivity index (χ1v) is 7.86. The third-order valence-corrected chi connectivity index (χ3v) is 4.42. The van der Waals surface area contributed by atoms with Crippen LogP contribution >= 0.6 is 22.9 Å². The SMILES string of the molecule is CCNC(c1ccc(C)s1)c1c(Cl)cnn1CCOC. The summed E-state index contributed by atoms with van der Waals surface area (Å²) in [5.74, 6) is 0. The molecular formula is C14H20ClN3OS. The highest BCUT2D eigenvalue weighted by Gasteiger charge is 2.22. The van der Waals surface area contributed by atoms with Crippen LogP contribution in [0.3, 0.4) is 0 Å². The Labute approximate surface area is 128 Å². The molecule has 20 heavy (non-hydrogen) atoms. The number of nitrogens with one attached hydrogen (secondary N) is 1. The zero-order valence-electron chi connectivity index (χ0n) is 12.0. The number of aromatic nitrogens is 2. The van der Waals surface area contributed by atoms with Gasteiger partial charge in [-0.1, -0.05) is 18.5 Å². The third kappa shape index (κ3) is 3.41. The summed E-state index contributed by atoms with van der Waals surface area (Å²) >= 11 is 8.13. The average molecular weight is 314 g/mol. The first-order chi connectivity index (χ1) is 9.67. The van der Waals surface area contributed by atoms with E-state index in [1.54, 1.807) is 24.6 Å². The molecule has 0 spiro atoms. The van der Waals surface area contributed by atoms with Crippen LogP contribution in [0, 0.1) is 6.92 Å². The van der Waals surface area contributed by atoms with Crippen molar-refractivity contribution in [1.82, 2.24) is 15.1 Å². The number of aryl methyl sites for hydroxylation is 1. The van der Waals surface area contributed by atoms with E-state index in [0.29, 0.717) is 18.2 Å². The second-order valence-electron chi connectivity index (χ2n) is 4.53. The smallest absolute Gasteiger partial charge is 0.0857 e. The van der Waals surface area contributed by atoms with Gasteiger partial charge in [0, 0.05) is 16.9 Å². The first-order valence-electron chi connectivity index (χ1n) is 6.67. The number of hydrogen-bond acceptors (Lipinski definition) is 4. The topological polar surface area (TPSA) is 39.1 Å². The highest BCUT2D eigenvalue weighted by molar-refractivity contribution is 7.12. The van der Waals surface area contributed by atoms with Crippen molar-refractivity contribution in [2.75, 3.05) is 20.3 Å². The molecule has 0 saturated heterocycles. The van der Waals surface area contributed by atoms with Gasteiger partial charge in [0.05, 0.1) is 36.1 Å². The van der Waals surface area contributed by atoms with Crippen molar-refractivity contribution >= 4 is 22.9 Å². The van der Waals surface area contributed by atoms with Crippen LogP contribution in [-0.2, 0) is 11.3 Å². The van der Waals surface area contributed by atoms with E-state index in [4.69, 9.17) is 16.3 Å². The summed E-state index contributed by atoms with van der Waals surface area (Å²) < 4.78 is 7.06. The van der Waals surface area contributed by atoms with Gasteiger partial charge in [-0.05, 0) is 25.6 Å². The van der Waals surface area contributed by atoms with Gasteiger partial charge in [-0.3, -0.25) is 4.68 Å². The molecule has 0 aliphatic heterocycles. The summed E-state index contributed by atoms with van der Waals surface area (Å²) in [7, 11) is 1.69. The molecule has 1 atom stereocenters. The number of ether oxygens (including phenoxy) is 1. The highest BCUT2D eigenvalue weighted by Crippen LogP contribution is 2.32. The predicted molar refractivity (Wildman–Crippen MR) is 83.7 cm³/mol. The first kappa shape index (κ1) is 15.5. The Bertz CT molecular complexity index is 552. The number of hydrogen-bond donors (Lipinski definition) is 1. The maximum Gasteiger partial charge on any atom is 0.0857 e. The fourth-order valence-electron chi connectivity index (χ4n) is 2.16. The van der Waals surface area contributed by atoms with Crippen molar-refractivity contribution in [1.29, 1.82) is 0 Å². The molecule has 0 amide bonds. The Hall–Kier alpha value is -0.880. The minimum atomic E-state index is 0.0746. The van der Waals surface area contributed by atoms with E-state index in [1.807, 2.05) is 4.68 Å². The zero-order valence-corrected chi connectivity index (χ0v) is 13.6. The molecule has 0 radical (unpaired) electrons. The van der Waals surface area contributed by atoms with Gasteiger partial charge in [-0.15, -0.1) is 11.3 Å². The van der Waals surface area contributed by atoms with Crippen LogP contribution in [0.15, 0.2) is 18.3 Å². The van der Waals surface area contributed by atoms with Gasteiger partial charge in [0.2, 0.25) is 0 Å². The molecule has 6 heteroatoms. The monoisotopic (exact) mass is 313 g/mol. The van der Waals surface area contributed by atoms with E-state index in [1.165, 1.54) is 9.75 Å². The van der Waals surface area contributed by atoms with E-state index in [9.17, 15) is 0 Å². The normalized spacial score (nSPS) is 12.8. The molecule has 110 valence electrons. The number of nitrogens with zero attached hydrogens (tertiary/aromatic N) is 2. The Kier molecular flexibility index (Phi) is 5.60. The van der Waals surface area contributed by atoms with Gasteiger partial charge in [-0.2, -0.15) is 5.10 Å². The molecular weight excluding hydrogens is 294 g/mol. The van der Waals surface area contributed by atoms with Gasteiger partial charge in [0.15, 0.2) is 0 Å². The number of thiophene rings is 1. The van der Waals surface area contributed by atoms with Crippen LogP contribution in [0.4, 0.5) is 0 Å². The quantitative estimate of drug-likeness (QED) is 0.853. The summed E-state index contributed by atoms with van der Waals surface area (Å²) in [6.07, 6.45) is 1.71.